The van der Waals surface area contributed by atoms with Gasteiger partial charge in [-0.15, -0.1) is 0 Å². The number of carbonyl (C=O) groups is 2. The number of rotatable bonds is 5. The molecule has 0 atom stereocenters. The molecule has 0 aliphatic rings. The number of nitrogens with one attached hydrogen (secondary N) is 2. The van der Waals surface area contributed by atoms with E-state index in [9.17, 15) is 28.0 Å². The second-order valence-corrected chi connectivity index (χ2v) is 6.45. The first-order chi connectivity index (χ1) is 15.2. The summed E-state index contributed by atoms with van der Waals surface area (Å²) >= 11 is 0. The smallest absolute Gasteiger partial charge is 0.416 e. The van der Waals surface area contributed by atoms with Crippen molar-refractivity contribution < 1.29 is 27.5 Å². The lowest BCUT2D eigenvalue weighted by atomic mass is 10.1. The third kappa shape index (κ3) is 4.34. The average molecular weight is 443 g/mol. The van der Waals surface area contributed by atoms with Gasteiger partial charge < -0.3 is 15.0 Å². The summed E-state index contributed by atoms with van der Waals surface area (Å²) in [5, 5.41) is 9.26. The zero-order chi connectivity index (χ0) is 23.5. The first-order valence-corrected chi connectivity index (χ1v) is 8.99. The monoisotopic (exact) mass is 443 g/mol. The highest BCUT2D eigenvalue weighted by atomic mass is 19.4. The van der Waals surface area contributed by atoms with Crippen molar-refractivity contribution in [3.63, 3.8) is 0 Å². The van der Waals surface area contributed by atoms with Crippen molar-refractivity contribution in [2.75, 3.05) is 18.3 Å². The van der Waals surface area contributed by atoms with E-state index in [0.29, 0.717) is 11.8 Å². The molecule has 0 radical (unpaired) electrons. The minimum absolute atomic E-state index is 0.112. The maximum absolute atomic E-state index is 13.3. The van der Waals surface area contributed by atoms with Gasteiger partial charge in [0.15, 0.2) is 5.69 Å². The molecule has 0 aliphatic carbocycles. The van der Waals surface area contributed by atoms with Crippen LogP contribution in [0.5, 0.6) is 0 Å². The number of benzene rings is 2. The number of hydrazine groups is 1. The van der Waals surface area contributed by atoms with Crippen LogP contribution >= 0.6 is 0 Å². The van der Waals surface area contributed by atoms with Crippen molar-refractivity contribution in [3.8, 4) is 11.8 Å². The molecule has 4 N–H and O–H groups in total. The number of halogens is 3. The number of anilines is 2. The van der Waals surface area contributed by atoms with Crippen LogP contribution in [0.4, 0.5) is 24.5 Å². The summed E-state index contributed by atoms with van der Waals surface area (Å²) in [7, 11) is 1.08. The first kappa shape index (κ1) is 22.2. The summed E-state index contributed by atoms with van der Waals surface area (Å²) in [5.74, 6) is -1.85. The molecule has 0 spiro atoms. The summed E-state index contributed by atoms with van der Waals surface area (Å²) < 4.78 is 45.7. The molecular weight excluding hydrogens is 427 g/mol. The average Bonchev–Trinajstić information content (AvgIpc) is 3.12. The highest BCUT2D eigenvalue weighted by molar-refractivity contribution is 6.01. The molecular formula is C21H16F3N5O3. The third-order valence-electron chi connectivity index (χ3n) is 4.47. The highest BCUT2D eigenvalue weighted by Gasteiger charge is 2.33. The number of nitrogens with two attached hydrogens (primary N) is 1. The zero-order valence-electron chi connectivity index (χ0n) is 16.5. The molecule has 0 saturated heterocycles. The Bertz CT molecular complexity index is 1210. The van der Waals surface area contributed by atoms with E-state index in [2.05, 4.69) is 15.6 Å². The largest absolute Gasteiger partial charge is 0.464 e. The van der Waals surface area contributed by atoms with E-state index < -0.39 is 29.2 Å². The normalized spacial score (nSPS) is 10.8. The fraction of sp³-hybridized carbons (Fsp3) is 0.0952. The molecule has 1 aromatic heterocycles. The summed E-state index contributed by atoms with van der Waals surface area (Å²) in [6.45, 7) is 0. The fourth-order valence-electron chi connectivity index (χ4n) is 2.93. The van der Waals surface area contributed by atoms with Crippen LogP contribution in [0.25, 0.3) is 5.69 Å². The zero-order valence-corrected chi connectivity index (χ0v) is 16.5. The van der Waals surface area contributed by atoms with Crippen LogP contribution in [-0.2, 0) is 10.9 Å². The summed E-state index contributed by atoms with van der Waals surface area (Å²) in [4.78, 5) is 25.1. The predicted octanol–water partition coefficient (Wildman–Crippen LogP) is 3.49. The number of methoxy groups -OCH3 is 1. The van der Waals surface area contributed by atoms with Crippen molar-refractivity contribution in [1.29, 1.82) is 5.26 Å². The van der Waals surface area contributed by atoms with Crippen molar-refractivity contribution in [3.05, 3.63) is 77.1 Å². The van der Waals surface area contributed by atoms with Gasteiger partial charge in [0.1, 0.15) is 6.07 Å². The number of amides is 1. The van der Waals surface area contributed by atoms with Crippen molar-refractivity contribution in [2.45, 2.75) is 6.18 Å². The van der Waals surface area contributed by atoms with Gasteiger partial charge in [-0.05, 0) is 30.3 Å². The van der Waals surface area contributed by atoms with Crippen molar-refractivity contribution >= 4 is 23.3 Å². The highest BCUT2D eigenvalue weighted by Crippen LogP contribution is 2.33. The van der Waals surface area contributed by atoms with E-state index in [4.69, 9.17) is 5.73 Å². The van der Waals surface area contributed by atoms with Gasteiger partial charge in [0.2, 0.25) is 0 Å². The molecule has 0 fully saturated rings. The van der Waals surface area contributed by atoms with Gasteiger partial charge in [0.25, 0.3) is 5.91 Å². The van der Waals surface area contributed by atoms with Crippen LogP contribution < -0.4 is 16.6 Å². The van der Waals surface area contributed by atoms with Gasteiger partial charge in [-0.1, -0.05) is 18.2 Å². The number of alkyl halides is 3. The fourth-order valence-corrected chi connectivity index (χ4v) is 2.93. The van der Waals surface area contributed by atoms with E-state index in [-0.39, 0.29) is 22.6 Å². The molecule has 164 valence electrons. The molecule has 8 nitrogen and oxygen atoms in total. The van der Waals surface area contributed by atoms with E-state index in [1.165, 1.54) is 0 Å². The van der Waals surface area contributed by atoms with Gasteiger partial charge in [-0.25, -0.2) is 4.79 Å². The Balaban J connectivity index is 2.14. The molecule has 1 amide bonds. The van der Waals surface area contributed by atoms with E-state index in [1.807, 2.05) is 0 Å². The third-order valence-corrected chi connectivity index (χ3v) is 4.47. The van der Waals surface area contributed by atoms with E-state index in [1.54, 1.807) is 36.4 Å². The number of ether oxygens (including phenoxy) is 1. The van der Waals surface area contributed by atoms with Gasteiger partial charge in [0, 0.05) is 6.20 Å². The molecule has 0 unspecified atom stereocenters. The van der Waals surface area contributed by atoms with E-state index in [0.717, 1.165) is 30.0 Å². The van der Waals surface area contributed by atoms with Gasteiger partial charge in [0.05, 0.1) is 40.9 Å². The van der Waals surface area contributed by atoms with Gasteiger partial charge in [-0.2, -0.15) is 18.4 Å². The molecule has 0 saturated carbocycles. The van der Waals surface area contributed by atoms with Crippen LogP contribution in [0.15, 0.2) is 54.7 Å². The first-order valence-electron chi connectivity index (χ1n) is 8.99. The number of hydrogen-bond acceptors (Lipinski definition) is 6. The molecule has 0 bridgehead atoms. The number of para-hydroxylation sites is 1. The molecule has 0 aliphatic heterocycles. The Morgan fingerprint density at radius 1 is 1.16 bits per heavy atom. The number of aromatic nitrogens is 1. The number of hydrogen-bond donors (Lipinski definition) is 3. The molecule has 1 heterocycles. The summed E-state index contributed by atoms with van der Waals surface area (Å²) in [6.07, 6.45) is -3.58. The quantitative estimate of drug-likeness (QED) is 0.410. The summed E-state index contributed by atoms with van der Waals surface area (Å²) in [5.41, 5.74) is 9.01. The summed E-state index contributed by atoms with van der Waals surface area (Å²) in [6, 6.07) is 12.6. The number of esters is 1. The molecule has 11 heteroatoms. The van der Waals surface area contributed by atoms with Crippen LogP contribution in [0.3, 0.4) is 0 Å². The SMILES string of the molecule is COC(=O)c1c(N)c(C#N)cn1-c1ccc(C(F)(F)F)cc1C(=O)NNc1ccccc1. The minimum Gasteiger partial charge on any atom is -0.464 e. The number of nitrogens with zero attached hydrogens (tertiary/aromatic N) is 2. The molecule has 3 aromatic rings. The van der Waals surface area contributed by atoms with Crippen LogP contribution in [0, 0.1) is 11.3 Å². The topological polar surface area (TPSA) is 122 Å². The van der Waals surface area contributed by atoms with Crippen molar-refractivity contribution in [1.82, 2.24) is 9.99 Å². The van der Waals surface area contributed by atoms with Crippen LogP contribution in [-0.4, -0.2) is 23.6 Å². The lowest BCUT2D eigenvalue weighted by molar-refractivity contribution is -0.137. The molecule has 32 heavy (non-hydrogen) atoms. The van der Waals surface area contributed by atoms with Gasteiger partial charge >= 0.3 is 12.1 Å². The molecule has 2 aromatic carbocycles. The lowest BCUT2D eigenvalue weighted by Crippen LogP contribution is -2.30. The predicted molar refractivity (Wildman–Crippen MR) is 109 cm³/mol. The second kappa shape index (κ2) is 8.73. The standard InChI is InChI=1S/C21H16F3N5O3/c1-32-20(31)18-17(26)12(10-25)11-29(18)16-8-7-13(21(22,23)24)9-15(16)19(30)28-27-14-5-3-2-4-6-14/h2-9,11,27H,26H2,1H3,(H,28,30). The Morgan fingerprint density at radius 2 is 1.84 bits per heavy atom. The van der Waals surface area contributed by atoms with Gasteiger partial charge in [-0.3, -0.25) is 15.6 Å². The lowest BCUT2D eigenvalue weighted by Gasteiger charge is -2.16. The minimum atomic E-state index is -4.72. The number of nitrogen functional groups attached to an aromatic ring is 1. The maximum atomic E-state index is 13.3. The van der Waals surface area contributed by atoms with E-state index >= 15 is 0 Å². The second-order valence-electron chi connectivity index (χ2n) is 6.45. The van der Waals surface area contributed by atoms with Crippen LogP contribution in [0.1, 0.15) is 32.0 Å². The molecule has 3 rings (SSSR count). The Labute approximate surface area is 180 Å². The Morgan fingerprint density at radius 3 is 2.44 bits per heavy atom. The Kier molecular flexibility index (Phi) is 6.06. The number of nitriles is 1. The van der Waals surface area contributed by atoms with Crippen molar-refractivity contribution in [2.24, 2.45) is 0 Å². The maximum Gasteiger partial charge on any atom is 0.416 e. The van der Waals surface area contributed by atoms with Crippen LogP contribution in [0.2, 0.25) is 0 Å². The Hall–Kier alpha value is -4.46. The number of carbonyl (C=O) groups excluding carboxylic acids is 2.